The van der Waals surface area contributed by atoms with E-state index >= 15 is 0 Å². The number of nitrogens with one attached hydrogen (secondary N) is 1. The second-order valence-corrected chi connectivity index (χ2v) is 12.2. The van der Waals surface area contributed by atoms with Gasteiger partial charge in [0.25, 0.3) is 11.8 Å². The fourth-order valence-electron chi connectivity index (χ4n) is 5.75. The van der Waals surface area contributed by atoms with Gasteiger partial charge in [-0.05, 0) is 68.9 Å². The van der Waals surface area contributed by atoms with Crippen LogP contribution in [0.1, 0.15) is 90.4 Å². The molecule has 13 nitrogen and oxygen atoms in total. The maximum Gasteiger partial charge on any atom is 0.335 e. The zero-order valence-electron chi connectivity index (χ0n) is 28.6. The Balaban J connectivity index is 0.000000361. The van der Waals surface area contributed by atoms with Gasteiger partial charge < -0.3 is 40.6 Å². The molecule has 4 unspecified atom stereocenters. The quantitative estimate of drug-likeness (QED) is 0.145. The third-order valence-electron chi connectivity index (χ3n) is 8.60. The van der Waals surface area contributed by atoms with Crippen LogP contribution in [0.3, 0.4) is 0 Å². The smallest absolute Gasteiger partial charge is 0.335 e. The van der Waals surface area contributed by atoms with E-state index in [1.165, 1.54) is 57.8 Å². The summed E-state index contributed by atoms with van der Waals surface area (Å²) in [5.41, 5.74) is 11.2. The Hall–Kier alpha value is -2.16. The van der Waals surface area contributed by atoms with Crippen LogP contribution in [0, 0.1) is 23.7 Å². The van der Waals surface area contributed by atoms with Crippen molar-refractivity contribution in [2.24, 2.45) is 35.1 Å². The number of hydrogen-bond donors (Lipinski definition) is 3. The molecule has 0 bridgehead atoms. The molecule has 0 radical (unpaired) electrons. The van der Waals surface area contributed by atoms with Crippen LogP contribution >= 0.6 is 0 Å². The molecule has 0 aromatic heterocycles. The van der Waals surface area contributed by atoms with Crippen molar-refractivity contribution < 1.29 is 43.0 Å². The van der Waals surface area contributed by atoms with Gasteiger partial charge in [-0.25, -0.2) is 4.79 Å². The standard InChI is InChI=1S/C15H29NO3.C10H15NO6.C8H18N2/c1-3-13-5-4-6-14(11-13)12-16-15(17)7-8-19-10-9-18-2;1-15-6-7-16-5-4-10(14)17-11-8(12)2-3-9(11)13;9-5-7-2-1-3-8(4-7)6-10/h13-14H,3-12H2,1-2H3,(H,16,17);2-7H2,1H3;7-8H,1-6,9-10H2. The van der Waals surface area contributed by atoms with E-state index in [-0.39, 0.29) is 31.8 Å². The molecule has 1 saturated heterocycles. The van der Waals surface area contributed by atoms with E-state index in [4.69, 9.17) is 30.4 Å². The van der Waals surface area contributed by atoms with Crippen LogP contribution in [0.2, 0.25) is 0 Å². The summed E-state index contributed by atoms with van der Waals surface area (Å²) in [5.74, 6) is 1.56. The minimum atomic E-state index is -0.661. The first-order chi connectivity index (χ1) is 22.3. The molecule has 13 heteroatoms. The first kappa shape index (κ1) is 41.9. The van der Waals surface area contributed by atoms with Crippen molar-refractivity contribution in [3.8, 4) is 0 Å². The van der Waals surface area contributed by atoms with Gasteiger partial charge in [-0.2, -0.15) is 0 Å². The number of nitrogens with zero attached hydrogens (tertiary/aromatic N) is 1. The number of nitrogens with two attached hydrogens (primary N) is 2. The molecule has 3 rings (SSSR count). The Morgan fingerprint density at radius 2 is 1.24 bits per heavy atom. The molecule has 268 valence electrons. The number of ether oxygens (including phenoxy) is 4. The molecule has 1 heterocycles. The summed E-state index contributed by atoms with van der Waals surface area (Å²) in [7, 11) is 3.19. The Kier molecular flexibility index (Phi) is 24.4. The van der Waals surface area contributed by atoms with Crippen molar-refractivity contribution in [2.75, 3.05) is 73.5 Å². The van der Waals surface area contributed by atoms with Crippen LogP contribution in [-0.2, 0) is 43.0 Å². The van der Waals surface area contributed by atoms with Crippen LogP contribution in [-0.4, -0.2) is 102 Å². The molecule has 0 spiro atoms. The molecule has 4 atom stereocenters. The SMILES string of the molecule is CCC1CCCC(CNC(=O)CCOCCOC)C1.COCCOCCC(=O)ON1C(=O)CCC1=O.NCC1CCCC(CN)C1. The molecule has 3 aliphatic rings. The zero-order chi connectivity index (χ0) is 34.0. The molecule has 0 aromatic carbocycles. The highest BCUT2D eigenvalue weighted by Gasteiger charge is 2.32. The Morgan fingerprint density at radius 1 is 0.739 bits per heavy atom. The minimum absolute atomic E-state index is 0.0131. The van der Waals surface area contributed by atoms with Gasteiger partial charge >= 0.3 is 5.97 Å². The zero-order valence-corrected chi connectivity index (χ0v) is 28.6. The molecule has 3 fully saturated rings. The van der Waals surface area contributed by atoms with Gasteiger partial charge in [0, 0.05) is 40.0 Å². The van der Waals surface area contributed by atoms with Gasteiger partial charge in [0.1, 0.15) is 0 Å². The van der Waals surface area contributed by atoms with E-state index in [0.29, 0.717) is 50.4 Å². The lowest BCUT2D eigenvalue weighted by Gasteiger charge is -2.28. The summed E-state index contributed by atoms with van der Waals surface area (Å²) in [6, 6.07) is 0. The van der Waals surface area contributed by atoms with E-state index in [0.717, 1.165) is 37.4 Å². The molecule has 1 aliphatic heterocycles. The molecule has 3 amide bonds. The average Bonchev–Trinajstić information content (AvgIpc) is 3.39. The maximum atomic E-state index is 11.6. The monoisotopic (exact) mass is 658 g/mol. The predicted octanol–water partition coefficient (Wildman–Crippen LogP) is 2.73. The van der Waals surface area contributed by atoms with Gasteiger partial charge in [0.2, 0.25) is 5.91 Å². The van der Waals surface area contributed by atoms with E-state index < -0.39 is 17.8 Å². The van der Waals surface area contributed by atoms with Crippen molar-refractivity contribution in [3.05, 3.63) is 0 Å². The number of methoxy groups -OCH3 is 2. The van der Waals surface area contributed by atoms with E-state index in [1.54, 1.807) is 14.2 Å². The number of hydroxylamine groups is 2. The van der Waals surface area contributed by atoms with Crippen LogP contribution in [0.4, 0.5) is 0 Å². The minimum Gasteiger partial charge on any atom is -0.382 e. The number of carbonyl (C=O) groups excluding carboxylic acids is 4. The maximum absolute atomic E-state index is 11.6. The molecule has 2 saturated carbocycles. The summed E-state index contributed by atoms with van der Waals surface area (Å²) in [6.07, 6.45) is 12.4. The highest BCUT2D eigenvalue weighted by molar-refractivity contribution is 6.01. The number of rotatable bonds is 18. The third-order valence-corrected chi connectivity index (χ3v) is 8.60. The first-order valence-corrected chi connectivity index (χ1v) is 17.1. The topological polar surface area (TPSA) is 182 Å². The predicted molar refractivity (Wildman–Crippen MR) is 174 cm³/mol. The van der Waals surface area contributed by atoms with Crippen molar-refractivity contribution >= 4 is 23.7 Å². The molecular weight excluding hydrogens is 596 g/mol. The van der Waals surface area contributed by atoms with Crippen LogP contribution < -0.4 is 16.8 Å². The lowest BCUT2D eigenvalue weighted by atomic mass is 9.80. The fraction of sp³-hybridized carbons (Fsp3) is 0.879. The van der Waals surface area contributed by atoms with Gasteiger partial charge in [-0.1, -0.05) is 32.6 Å². The number of amides is 3. The molecular formula is C33H62N4O9. The van der Waals surface area contributed by atoms with E-state index in [2.05, 4.69) is 17.1 Å². The largest absolute Gasteiger partial charge is 0.382 e. The molecule has 0 aromatic rings. The first-order valence-electron chi connectivity index (χ1n) is 17.1. The number of carbonyl (C=O) groups is 4. The highest BCUT2D eigenvalue weighted by atomic mass is 16.7. The van der Waals surface area contributed by atoms with Gasteiger partial charge in [-0.15, -0.1) is 5.06 Å². The Morgan fingerprint density at radius 3 is 1.76 bits per heavy atom. The summed E-state index contributed by atoms with van der Waals surface area (Å²) in [5, 5.41) is 3.56. The van der Waals surface area contributed by atoms with Crippen molar-refractivity contribution in [3.63, 3.8) is 0 Å². The number of hydrogen-bond acceptors (Lipinski definition) is 11. The Labute approximate surface area is 276 Å². The van der Waals surface area contributed by atoms with Crippen LogP contribution in [0.15, 0.2) is 0 Å². The van der Waals surface area contributed by atoms with Gasteiger partial charge in [-0.3, -0.25) is 14.4 Å². The second-order valence-electron chi connectivity index (χ2n) is 12.2. The van der Waals surface area contributed by atoms with Crippen molar-refractivity contribution in [1.82, 2.24) is 10.4 Å². The summed E-state index contributed by atoms with van der Waals surface area (Å²) >= 11 is 0. The Bertz CT molecular complexity index is 822. The average molecular weight is 659 g/mol. The lowest BCUT2D eigenvalue weighted by Crippen LogP contribution is -2.32. The highest BCUT2D eigenvalue weighted by Crippen LogP contribution is 2.30. The summed E-state index contributed by atoms with van der Waals surface area (Å²) in [4.78, 5) is 49.7. The van der Waals surface area contributed by atoms with Crippen molar-refractivity contribution in [1.29, 1.82) is 0 Å². The summed E-state index contributed by atoms with van der Waals surface area (Å²) < 4.78 is 20.0. The molecule has 2 aliphatic carbocycles. The third kappa shape index (κ3) is 19.5. The fourth-order valence-corrected chi connectivity index (χ4v) is 5.75. The van der Waals surface area contributed by atoms with Crippen LogP contribution in [0.5, 0.6) is 0 Å². The van der Waals surface area contributed by atoms with E-state index in [9.17, 15) is 19.2 Å². The van der Waals surface area contributed by atoms with Gasteiger partial charge in [0.05, 0.1) is 46.1 Å². The molecule has 5 N–H and O–H groups in total. The molecule has 46 heavy (non-hydrogen) atoms. The lowest BCUT2D eigenvalue weighted by molar-refractivity contribution is -0.198. The van der Waals surface area contributed by atoms with E-state index in [1.807, 2.05) is 0 Å². The van der Waals surface area contributed by atoms with Gasteiger partial charge in [0.15, 0.2) is 0 Å². The normalized spacial score (nSPS) is 22.8. The van der Waals surface area contributed by atoms with Crippen LogP contribution in [0.25, 0.3) is 0 Å². The second kappa shape index (κ2) is 26.9. The summed E-state index contributed by atoms with van der Waals surface area (Å²) in [6.45, 7) is 7.44. The number of imide groups is 1. The van der Waals surface area contributed by atoms with Crippen molar-refractivity contribution in [2.45, 2.75) is 90.4 Å².